The highest BCUT2D eigenvalue weighted by Gasteiger charge is 2.28. The van der Waals surface area contributed by atoms with Gasteiger partial charge in [-0.2, -0.15) is 25.3 Å². The molecule has 0 bridgehead atoms. The summed E-state index contributed by atoms with van der Waals surface area (Å²) in [5, 5.41) is 22.0. The minimum Gasteiger partial charge on any atom is -0.507 e. The fraction of sp³-hybridized carbons (Fsp3) is 0.600. The van der Waals surface area contributed by atoms with Crippen molar-refractivity contribution < 1.29 is 10.2 Å². The summed E-state index contributed by atoms with van der Waals surface area (Å²) in [6, 6.07) is 8.70. The third-order valence-corrected chi connectivity index (χ3v) is 7.18. The van der Waals surface area contributed by atoms with Gasteiger partial charge >= 0.3 is 0 Å². The summed E-state index contributed by atoms with van der Waals surface area (Å²) in [4.78, 5) is 0. The van der Waals surface area contributed by atoms with Gasteiger partial charge in [-0.25, -0.2) is 0 Å². The van der Waals surface area contributed by atoms with Crippen molar-refractivity contribution >= 4 is 25.3 Å². The molecule has 0 amide bonds. The highest BCUT2D eigenvalue weighted by Crippen LogP contribution is 2.42. The molecular formula is C30H48O2S2. The normalized spacial score (nSPS) is 13.1. The minimum absolute atomic E-state index is 0. The second kappa shape index (κ2) is 10.4. The van der Waals surface area contributed by atoms with Gasteiger partial charge in [-0.05, 0) is 55.0 Å². The predicted molar refractivity (Wildman–Crippen MR) is 156 cm³/mol. The number of hydrogen-bond acceptors (Lipinski definition) is 3. The van der Waals surface area contributed by atoms with E-state index < -0.39 is 0 Å². The third-order valence-electron chi connectivity index (χ3n) is 6.11. The number of rotatable bonds is 4. The molecule has 0 aliphatic carbocycles. The predicted octanol–water partition coefficient (Wildman–Crippen LogP) is 8.83. The number of phenolic OH excluding ortho intramolecular Hbond substituents is 2. The average Bonchev–Trinajstić information content (AvgIpc) is 2.60. The Morgan fingerprint density at radius 3 is 0.882 bits per heavy atom. The lowest BCUT2D eigenvalue weighted by Crippen LogP contribution is -2.18. The first-order valence-electron chi connectivity index (χ1n) is 12.0. The van der Waals surface area contributed by atoms with Gasteiger partial charge in [-0.1, -0.05) is 107 Å². The van der Waals surface area contributed by atoms with Crippen molar-refractivity contribution in [3.05, 3.63) is 57.6 Å². The summed E-state index contributed by atoms with van der Waals surface area (Å²) in [7, 11) is 0. The van der Waals surface area contributed by atoms with E-state index in [0.717, 1.165) is 33.8 Å². The molecule has 0 aliphatic rings. The molecule has 0 atom stereocenters. The van der Waals surface area contributed by atoms with Crippen molar-refractivity contribution in [1.82, 2.24) is 0 Å². The van der Waals surface area contributed by atoms with Crippen molar-refractivity contribution in [1.29, 1.82) is 0 Å². The zero-order chi connectivity index (χ0) is 25.6. The Morgan fingerprint density at radius 2 is 0.706 bits per heavy atom. The van der Waals surface area contributed by atoms with Gasteiger partial charge in [0, 0.05) is 11.5 Å². The molecule has 0 heterocycles. The molecule has 2 nitrogen and oxygen atoms in total. The van der Waals surface area contributed by atoms with Crippen LogP contribution < -0.4 is 0 Å². The van der Waals surface area contributed by atoms with E-state index in [2.05, 4.69) is 107 Å². The average molecular weight is 505 g/mol. The molecule has 0 radical (unpaired) electrons. The fourth-order valence-corrected chi connectivity index (χ4v) is 5.04. The second-order valence-electron chi connectivity index (χ2n) is 13.6. The van der Waals surface area contributed by atoms with Gasteiger partial charge in [0.2, 0.25) is 0 Å². The van der Waals surface area contributed by atoms with Crippen LogP contribution in [-0.2, 0) is 33.2 Å². The highest BCUT2D eigenvalue weighted by atomic mass is 32.2. The summed E-state index contributed by atoms with van der Waals surface area (Å²) < 4.78 is 0. The molecule has 0 fully saturated rings. The quantitative estimate of drug-likeness (QED) is 0.437. The zero-order valence-electron chi connectivity index (χ0n) is 23.5. The Morgan fingerprint density at radius 1 is 0.500 bits per heavy atom. The van der Waals surface area contributed by atoms with Crippen LogP contribution in [-0.4, -0.2) is 10.2 Å². The molecule has 0 saturated heterocycles. The summed E-state index contributed by atoms with van der Waals surface area (Å²) >= 11 is 1.89. The van der Waals surface area contributed by atoms with E-state index in [9.17, 15) is 10.2 Å². The van der Waals surface area contributed by atoms with Crippen molar-refractivity contribution in [2.24, 2.45) is 0 Å². The number of hydrogen-bond donors (Lipinski definition) is 2. The molecule has 4 heteroatoms. The van der Waals surface area contributed by atoms with Crippen LogP contribution in [0.2, 0.25) is 0 Å². The SMILES string of the molecule is CC(C)(C)c1cc(CSCc2cc(C(C)(C)C)c(O)c(C(C)(C)C)c2)cc(C(C)(C)C)c1O.S. The smallest absolute Gasteiger partial charge is 0.123 e. The summed E-state index contributed by atoms with van der Waals surface area (Å²) in [5.41, 5.74) is 6.07. The first-order chi connectivity index (χ1) is 14.7. The number of aromatic hydroxyl groups is 2. The Bertz CT molecular complexity index is 843. The van der Waals surface area contributed by atoms with Crippen molar-refractivity contribution in [3.8, 4) is 11.5 Å². The molecule has 0 aromatic heterocycles. The molecule has 2 aromatic carbocycles. The lowest BCUT2D eigenvalue weighted by atomic mass is 9.78. The standard InChI is InChI=1S/C30H46O2S.H2S/c1-27(2,3)21-13-19(14-22(25(21)31)28(4,5)6)17-33-18-20-15-23(29(7,8)9)26(32)24(16-20)30(10,11)12;/h13-16,31-32H,17-18H2,1-12H3;1H2. The Hall–Kier alpha value is -1.26. The monoisotopic (exact) mass is 504 g/mol. The van der Waals surface area contributed by atoms with E-state index in [1.54, 1.807) is 0 Å². The summed E-state index contributed by atoms with van der Waals surface area (Å²) in [5.74, 6) is 2.63. The summed E-state index contributed by atoms with van der Waals surface area (Å²) in [6.45, 7) is 25.9. The Balaban J connectivity index is 0.00000578. The third kappa shape index (κ3) is 7.37. The first kappa shape index (κ1) is 30.8. The van der Waals surface area contributed by atoms with E-state index in [1.165, 1.54) is 11.1 Å². The fourth-order valence-electron chi connectivity index (χ4n) is 4.13. The van der Waals surface area contributed by atoms with Crippen LogP contribution in [0.3, 0.4) is 0 Å². The van der Waals surface area contributed by atoms with E-state index in [4.69, 9.17) is 0 Å². The van der Waals surface area contributed by atoms with Crippen molar-refractivity contribution in [2.75, 3.05) is 0 Å². The molecule has 0 spiro atoms. The van der Waals surface area contributed by atoms with Crippen LogP contribution in [0.5, 0.6) is 11.5 Å². The van der Waals surface area contributed by atoms with Gasteiger partial charge in [0.1, 0.15) is 11.5 Å². The molecule has 34 heavy (non-hydrogen) atoms. The highest BCUT2D eigenvalue weighted by molar-refractivity contribution is 7.97. The van der Waals surface area contributed by atoms with E-state index >= 15 is 0 Å². The van der Waals surface area contributed by atoms with Crippen LogP contribution in [0, 0.1) is 0 Å². The molecular weight excluding hydrogens is 456 g/mol. The molecule has 0 aliphatic heterocycles. The summed E-state index contributed by atoms with van der Waals surface area (Å²) in [6.07, 6.45) is 0. The topological polar surface area (TPSA) is 40.5 Å². The maximum absolute atomic E-state index is 11.0. The van der Waals surface area contributed by atoms with Gasteiger partial charge < -0.3 is 10.2 Å². The van der Waals surface area contributed by atoms with E-state index in [-0.39, 0.29) is 35.2 Å². The molecule has 2 aromatic rings. The van der Waals surface area contributed by atoms with Crippen LogP contribution >= 0.6 is 25.3 Å². The van der Waals surface area contributed by atoms with E-state index in [1.807, 2.05) is 11.8 Å². The lowest BCUT2D eigenvalue weighted by Gasteiger charge is -2.28. The molecule has 192 valence electrons. The van der Waals surface area contributed by atoms with Gasteiger partial charge in [-0.15, -0.1) is 0 Å². The van der Waals surface area contributed by atoms with Gasteiger partial charge in [-0.3, -0.25) is 0 Å². The molecule has 0 saturated carbocycles. The minimum atomic E-state index is -0.120. The largest absolute Gasteiger partial charge is 0.507 e. The molecule has 2 N–H and O–H groups in total. The van der Waals surface area contributed by atoms with Gasteiger partial charge in [0.15, 0.2) is 0 Å². The number of thioether (sulfide) groups is 1. The first-order valence-corrected chi connectivity index (χ1v) is 13.2. The maximum Gasteiger partial charge on any atom is 0.123 e. The molecule has 0 unspecified atom stereocenters. The van der Waals surface area contributed by atoms with Crippen LogP contribution in [0.1, 0.15) is 116 Å². The Labute approximate surface area is 220 Å². The van der Waals surface area contributed by atoms with Gasteiger partial charge in [0.05, 0.1) is 0 Å². The molecule has 2 rings (SSSR count). The van der Waals surface area contributed by atoms with E-state index in [0.29, 0.717) is 11.5 Å². The van der Waals surface area contributed by atoms with Crippen LogP contribution in [0.4, 0.5) is 0 Å². The van der Waals surface area contributed by atoms with Gasteiger partial charge in [0.25, 0.3) is 0 Å². The second-order valence-corrected chi connectivity index (χ2v) is 14.6. The maximum atomic E-state index is 11.0. The number of benzene rings is 2. The Kier molecular flexibility index (Phi) is 9.40. The lowest BCUT2D eigenvalue weighted by molar-refractivity contribution is 0.422. The van der Waals surface area contributed by atoms with Crippen molar-refractivity contribution in [3.63, 3.8) is 0 Å². The van der Waals surface area contributed by atoms with Crippen molar-refractivity contribution in [2.45, 2.75) is 116 Å². The van der Waals surface area contributed by atoms with Crippen LogP contribution in [0.25, 0.3) is 0 Å². The zero-order valence-corrected chi connectivity index (χ0v) is 25.3. The van der Waals surface area contributed by atoms with Crippen LogP contribution in [0.15, 0.2) is 24.3 Å². The number of phenols is 2.